The van der Waals surface area contributed by atoms with Crippen molar-refractivity contribution in [3.63, 3.8) is 0 Å². The van der Waals surface area contributed by atoms with Crippen LogP contribution in [-0.2, 0) is 0 Å². The van der Waals surface area contributed by atoms with E-state index >= 15 is 0 Å². The SMILES string of the molecule is C#CC(CCC)NC(=O)c1ccc(OC(F)F)cc1. The van der Waals surface area contributed by atoms with E-state index < -0.39 is 6.61 Å². The summed E-state index contributed by atoms with van der Waals surface area (Å²) in [6.07, 6.45) is 6.84. The number of rotatable bonds is 6. The molecule has 0 fully saturated rings. The minimum absolute atomic E-state index is 0.00797. The van der Waals surface area contributed by atoms with Gasteiger partial charge in [0.15, 0.2) is 0 Å². The monoisotopic (exact) mass is 267 g/mol. The molecule has 1 N–H and O–H groups in total. The average Bonchev–Trinajstić information content (AvgIpc) is 2.38. The molecule has 0 spiro atoms. The number of ether oxygens (including phenoxy) is 1. The third-order valence-electron chi connectivity index (χ3n) is 2.43. The van der Waals surface area contributed by atoms with E-state index in [1.807, 2.05) is 6.92 Å². The maximum Gasteiger partial charge on any atom is 0.387 e. The van der Waals surface area contributed by atoms with Crippen molar-refractivity contribution in [2.24, 2.45) is 0 Å². The Morgan fingerprint density at radius 2 is 2.05 bits per heavy atom. The number of amides is 1. The summed E-state index contributed by atoms with van der Waals surface area (Å²) in [5.41, 5.74) is 0.345. The summed E-state index contributed by atoms with van der Waals surface area (Å²) in [5, 5.41) is 2.68. The van der Waals surface area contributed by atoms with Gasteiger partial charge in [0.2, 0.25) is 0 Å². The van der Waals surface area contributed by atoms with E-state index in [1.54, 1.807) is 0 Å². The molecule has 1 aromatic carbocycles. The van der Waals surface area contributed by atoms with Crippen LogP contribution >= 0.6 is 0 Å². The summed E-state index contributed by atoms with van der Waals surface area (Å²) in [6.45, 7) is -0.914. The fourth-order valence-corrected chi connectivity index (χ4v) is 1.52. The first-order valence-corrected chi connectivity index (χ1v) is 5.88. The summed E-state index contributed by atoms with van der Waals surface area (Å²) in [6, 6.07) is 5.12. The van der Waals surface area contributed by atoms with Crippen molar-refractivity contribution in [1.82, 2.24) is 5.32 Å². The zero-order valence-corrected chi connectivity index (χ0v) is 10.5. The van der Waals surface area contributed by atoms with Crippen LogP contribution in [0.4, 0.5) is 8.78 Å². The van der Waals surface area contributed by atoms with E-state index in [4.69, 9.17) is 6.42 Å². The highest BCUT2D eigenvalue weighted by Crippen LogP contribution is 2.15. The number of terminal acetylenes is 1. The number of carbonyl (C=O) groups is 1. The molecule has 1 atom stereocenters. The Morgan fingerprint density at radius 3 is 2.53 bits per heavy atom. The summed E-state index contributed by atoms with van der Waals surface area (Å²) in [5.74, 6) is 2.16. The molecule has 1 aromatic rings. The lowest BCUT2D eigenvalue weighted by molar-refractivity contribution is -0.0498. The fourth-order valence-electron chi connectivity index (χ4n) is 1.52. The lowest BCUT2D eigenvalue weighted by atomic mass is 10.1. The summed E-state index contributed by atoms with van der Waals surface area (Å²) >= 11 is 0. The Balaban J connectivity index is 2.65. The average molecular weight is 267 g/mol. The Morgan fingerprint density at radius 1 is 1.42 bits per heavy atom. The van der Waals surface area contributed by atoms with Gasteiger partial charge < -0.3 is 10.1 Å². The van der Waals surface area contributed by atoms with Crippen LogP contribution in [0.2, 0.25) is 0 Å². The highest BCUT2D eigenvalue weighted by atomic mass is 19.3. The van der Waals surface area contributed by atoms with Crippen LogP contribution in [0.25, 0.3) is 0 Å². The van der Waals surface area contributed by atoms with Crippen LogP contribution in [0.5, 0.6) is 5.75 Å². The highest BCUT2D eigenvalue weighted by molar-refractivity contribution is 5.94. The second-order valence-electron chi connectivity index (χ2n) is 3.88. The molecule has 0 aliphatic rings. The molecular weight excluding hydrogens is 252 g/mol. The number of alkyl halides is 2. The van der Waals surface area contributed by atoms with Crippen LogP contribution in [0.1, 0.15) is 30.1 Å². The molecular formula is C14H15F2NO2. The van der Waals surface area contributed by atoms with Gasteiger partial charge in [-0.15, -0.1) is 6.42 Å². The molecule has 0 aliphatic heterocycles. The van der Waals surface area contributed by atoms with E-state index in [2.05, 4.69) is 16.0 Å². The van der Waals surface area contributed by atoms with Gasteiger partial charge in [-0.25, -0.2) is 0 Å². The second kappa shape index (κ2) is 7.37. The molecule has 102 valence electrons. The summed E-state index contributed by atoms with van der Waals surface area (Å²) < 4.78 is 28.1. The lowest BCUT2D eigenvalue weighted by Crippen LogP contribution is -2.33. The molecule has 1 unspecified atom stereocenters. The van der Waals surface area contributed by atoms with Gasteiger partial charge in [0.25, 0.3) is 5.91 Å². The predicted octanol–water partition coefficient (Wildman–Crippen LogP) is 2.82. The van der Waals surface area contributed by atoms with E-state index in [9.17, 15) is 13.6 Å². The van der Waals surface area contributed by atoms with Gasteiger partial charge in [-0.2, -0.15) is 8.78 Å². The minimum atomic E-state index is -2.88. The van der Waals surface area contributed by atoms with Crippen LogP contribution in [0.15, 0.2) is 24.3 Å². The Bertz CT molecular complexity index is 452. The van der Waals surface area contributed by atoms with Gasteiger partial charge in [0.1, 0.15) is 5.75 Å². The molecule has 5 heteroatoms. The molecule has 1 amide bonds. The van der Waals surface area contributed by atoms with Crippen LogP contribution in [0.3, 0.4) is 0 Å². The Hall–Kier alpha value is -2.09. The number of hydrogen-bond acceptors (Lipinski definition) is 2. The van der Waals surface area contributed by atoms with Gasteiger partial charge in [-0.1, -0.05) is 19.3 Å². The van der Waals surface area contributed by atoms with Crippen molar-refractivity contribution in [1.29, 1.82) is 0 Å². The number of halogens is 2. The van der Waals surface area contributed by atoms with Crippen molar-refractivity contribution in [3.05, 3.63) is 29.8 Å². The second-order valence-corrected chi connectivity index (χ2v) is 3.88. The number of carbonyl (C=O) groups excluding carboxylic acids is 1. The molecule has 0 saturated heterocycles. The fraction of sp³-hybridized carbons (Fsp3) is 0.357. The number of benzene rings is 1. The molecule has 0 radical (unpaired) electrons. The van der Waals surface area contributed by atoms with Gasteiger partial charge in [0, 0.05) is 5.56 Å². The van der Waals surface area contributed by atoms with Crippen molar-refractivity contribution in [2.75, 3.05) is 0 Å². The largest absolute Gasteiger partial charge is 0.435 e. The standard InChI is InChI=1S/C14H15F2NO2/c1-3-5-11(4-2)17-13(18)10-6-8-12(9-7-10)19-14(15)16/h2,6-9,11,14H,3,5H2,1H3,(H,17,18). The van der Waals surface area contributed by atoms with Crippen LogP contribution < -0.4 is 10.1 Å². The summed E-state index contributed by atoms with van der Waals surface area (Å²) in [4.78, 5) is 11.8. The van der Waals surface area contributed by atoms with E-state index in [0.717, 1.165) is 6.42 Å². The molecule has 3 nitrogen and oxygen atoms in total. The molecule has 0 aliphatic carbocycles. The highest BCUT2D eigenvalue weighted by Gasteiger charge is 2.11. The summed E-state index contributed by atoms with van der Waals surface area (Å²) in [7, 11) is 0. The molecule has 0 aromatic heterocycles. The lowest BCUT2D eigenvalue weighted by Gasteiger charge is -2.12. The minimum Gasteiger partial charge on any atom is -0.435 e. The van der Waals surface area contributed by atoms with E-state index in [1.165, 1.54) is 24.3 Å². The third kappa shape index (κ3) is 4.96. The first-order valence-electron chi connectivity index (χ1n) is 5.88. The molecule has 19 heavy (non-hydrogen) atoms. The van der Waals surface area contributed by atoms with Crippen molar-refractivity contribution < 1.29 is 18.3 Å². The van der Waals surface area contributed by atoms with Gasteiger partial charge >= 0.3 is 6.61 Å². The number of hydrogen-bond donors (Lipinski definition) is 1. The van der Waals surface area contributed by atoms with Gasteiger partial charge in [0.05, 0.1) is 6.04 Å². The molecule has 0 bridgehead atoms. The Labute approximate surface area is 111 Å². The molecule has 0 saturated carbocycles. The topological polar surface area (TPSA) is 38.3 Å². The smallest absolute Gasteiger partial charge is 0.387 e. The maximum absolute atomic E-state index is 12.0. The van der Waals surface area contributed by atoms with Crippen molar-refractivity contribution in [3.8, 4) is 18.1 Å². The first kappa shape index (κ1) is 15.0. The third-order valence-corrected chi connectivity index (χ3v) is 2.43. The maximum atomic E-state index is 12.0. The van der Waals surface area contributed by atoms with E-state index in [-0.39, 0.29) is 17.7 Å². The molecule has 0 heterocycles. The quantitative estimate of drug-likeness (QED) is 0.805. The van der Waals surface area contributed by atoms with Gasteiger partial charge in [-0.3, -0.25) is 4.79 Å². The first-order chi connectivity index (χ1) is 9.06. The zero-order valence-electron chi connectivity index (χ0n) is 10.5. The Kier molecular flexibility index (Phi) is 5.80. The normalized spacial score (nSPS) is 11.7. The van der Waals surface area contributed by atoms with Crippen molar-refractivity contribution >= 4 is 5.91 Å². The number of nitrogens with one attached hydrogen (secondary N) is 1. The van der Waals surface area contributed by atoms with Crippen LogP contribution in [-0.4, -0.2) is 18.6 Å². The zero-order chi connectivity index (χ0) is 14.3. The molecule has 1 rings (SSSR count). The van der Waals surface area contributed by atoms with E-state index in [0.29, 0.717) is 12.0 Å². The predicted molar refractivity (Wildman–Crippen MR) is 68.1 cm³/mol. The van der Waals surface area contributed by atoms with Crippen molar-refractivity contribution in [2.45, 2.75) is 32.4 Å². The van der Waals surface area contributed by atoms with Gasteiger partial charge in [-0.05, 0) is 30.7 Å². The van der Waals surface area contributed by atoms with Crippen LogP contribution in [0, 0.1) is 12.3 Å².